The van der Waals surface area contributed by atoms with E-state index in [4.69, 9.17) is 0 Å². The second-order valence-electron chi connectivity index (χ2n) is 5.14. The third-order valence-corrected chi connectivity index (χ3v) is 4.52. The third-order valence-electron chi connectivity index (χ3n) is 3.55. The quantitative estimate of drug-likeness (QED) is 0.792. The van der Waals surface area contributed by atoms with Gasteiger partial charge in [0.15, 0.2) is 5.16 Å². The zero-order valence-electron chi connectivity index (χ0n) is 12.2. The van der Waals surface area contributed by atoms with Crippen LogP contribution in [0.1, 0.15) is 0 Å². The van der Waals surface area contributed by atoms with E-state index in [0.717, 1.165) is 34.4 Å². The average Bonchev–Trinajstić information content (AvgIpc) is 3.24. The van der Waals surface area contributed by atoms with Crippen LogP contribution < -0.4 is 5.32 Å². The highest BCUT2D eigenvalue weighted by atomic mass is 32.2. The molecule has 0 radical (unpaired) electrons. The van der Waals surface area contributed by atoms with Gasteiger partial charge in [-0.2, -0.15) is 5.10 Å². The minimum Gasteiger partial charge on any atom is -0.325 e. The number of hydrogen-bond acceptors (Lipinski definition) is 5. The number of fused-ring (bicyclic) bond motifs is 1. The van der Waals surface area contributed by atoms with Gasteiger partial charge in [-0.1, -0.05) is 30.0 Å². The van der Waals surface area contributed by atoms with Gasteiger partial charge in [0, 0.05) is 24.1 Å². The van der Waals surface area contributed by atoms with Gasteiger partial charge in [0.25, 0.3) is 0 Å². The molecular weight excluding hydrogens is 312 g/mol. The molecule has 0 aliphatic carbocycles. The Hall–Kier alpha value is -2.61. The standard InChI is InChI=1S/C15H14N6OS/c22-14(8-21-10-16-9-17-21)18-12-4-2-1-3-11(12)13-7-20-5-6-23-15(20)19-13/h1-4,7,9-10H,5-6,8H2,(H,18,22). The van der Waals surface area contributed by atoms with Crippen LogP contribution in [0.5, 0.6) is 0 Å². The minimum absolute atomic E-state index is 0.129. The number of imidazole rings is 1. The molecule has 3 aromatic rings. The molecule has 0 unspecified atom stereocenters. The van der Waals surface area contributed by atoms with Gasteiger partial charge in [-0.25, -0.2) is 14.6 Å². The Labute approximate surface area is 136 Å². The van der Waals surface area contributed by atoms with E-state index in [1.807, 2.05) is 30.5 Å². The Bertz CT molecular complexity index is 820. The molecule has 1 aliphatic heterocycles. The van der Waals surface area contributed by atoms with E-state index >= 15 is 0 Å². The number of thioether (sulfide) groups is 1. The number of hydrogen-bond donors (Lipinski definition) is 1. The van der Waals surface area contributed by atoms with Gasteiger partial charge < -0.3 is 9.88 Å². The molecule has 0 fully saturated rings. The maximum Gasteiger partial charge on any atom is 0.246 e. The third kappa shape index (κ3) is 2.85. The van der Waals surface area contributed by atoms with Crippen LogP contribution >= 0.6 is 11.8 Å². The maximum absolute atomic E-state index is 12.2. The van der Waals surface area contributed by atoms with Crippen molar-refractivity contribution in [2.45, 2.75) is 18.2 Å². The predicted molar refractivity (Wildman–Crippen MR) is 87.0 cm³/mol. The first-order valence-electron chi connectivity index (χ1n) is 7.21. The van der Waals surface area contributed by atoms with Crippen molar-refractivity contribution >= 4 is 23.4 Å². The molecule has 0 bridgehead atoms. The highest BCUT2D eigenvalue weighted by Gasteiger charge is 2.17. The average molecular weight is 326 g/mol. The van der Waals surface area contributed by atoms with E-state index in [1.54, 1.807) is 11.8 Å². The van der Waals surface area contributed by atoms with E-state index in [2.05, 4.69) is 25.0 Å². The van der Waals surface area contributed by atoms with Gasteiger partial charge in [-0.3, -0.25) is 4.79 Å². The fourth-order valence-electron chi connectivity index (χ4n) is 2.51. The number of anilines is 1. The lowest BCUT2D eigenvalue weighted by Crippen LogP contribution is -2.19. The predicted octanol–water partition coefficient (Wildman–Crippen LogP) is 1.89. The number of carbonyl (C=O) groups is 1. The lowest BCUT2D eigenvalue weighted by molar-refractivity contribution is -0.116. The summed E-state index contributed by atoms with van der Waals surface area (Å²) in [4.78, 5) is 20.7. The summed E-state index contributed by atoms with van der Waals surface area (Å²) in [6, 6.07) is 7.69. The lowest BCUT2D eigenvalue weighted by Gasteiger charge is -2.09. The fraction of sp³-hybridized carbons (Fsp3) is 0.200. The first-order valence-corrected chi connectivity index (χ1v) is 8.20. The Morgan fingerprint density at radius 2 is 2.26 bits per heavy atom. The number of nitrogens with one attached hydrogen (secondary N) is 1. The Morgan fingerprint density at radius 3 is 3.09 bits per heavy atom. The van der Waals surface area contributed by atoms with Gasteiger partial charge in [0.1, 0.15) is 19.2 Å². The largest absolute Gasteiger partial charge is 0.325 e. The monoisotopic (exact) mass is 326 g/mol. The van der Waals surface area contributed by atoms with Crippen LogP contribution in [-0.4, -0.2) is 36.0 Å². The van der Waals surface area contributed by atoms with Crippen molar-refractivity contribution in [2.24, 2.45) is 0 Å². The smallest absolute Gasteiger partial charge is 0.246 e. The van der Waals surface area contributed by atoms with Gasteiger partial charge in [0.05, 0.1) is 11.4 Å². The van der Waals surface area contributed by atoms with Crippen LogP contribution in [0.4, 0.5) is 5.69 Å². The van der Waals surface area contributed by atoms with Crippen molar-refractivity contribution in [1.29, 1.82) is 0 Å². The zero-order chi connectivity index (χ0) is 15.6. The number of nitrogens with zero attached hydrogens (tertiary/aromatic N) is 5. The molecule has 0 saturated carbocycles. The molecular formula is C15H14N6OS. The van der Waals surface area contributed by atoms with E-state index in [0.29, 0.717) is 0 Å². The highest BCUT2D eigenvalue weighted by Crippen LogP contribution is 2.32. The van der Waals surface area contributed by atoms with Crippen LogP contribution in [0, 0.1) is 0 Å². The van der Waals surface area contributed by atoms with Crippen LogP contribution in [-0.2, 0) is 17.9 Å². The molecule has 4 rings (SSSR count). The molecule has 0 saturated heterocycles. The molecule has 0 atom stereocenters. The van der Waals surface area contributed by atoms with E-state index in [9.17, 15) is 4.79 Å². The summed E-state index contributed by atoms with van der Waals surface area (Å²) in [5.41, 5.74) is 2.55. The topological polar surface area (TPSA) is 77.6 Å². The van der Waals surface area contributed by atoms with Gasteiger partial charge >= 0.3 is 0 Å². The summed E-state index contributed by atoms with van der Waals surface area (Å²) in [6.07, 6.45) is 4.96. The maximum atomic E-state index is 12.2. The molecule has 0 spiro atoms. The number of aryl methyl sites for hydroxylation is 1. The van der Waals surface area contributed by atoms with Crippen LogP contribution in [0.3, 0.4) is 0 Å². The van der Waals surface area contributed by atoms with Gasteiger partial charge in [-0.05, 0) is 6.07 Å². The van der Waals surface area contributed by atoms with Crippen molar-refractivity contribution < 1.29 is 4.79 Å². The second kappa shape index (κ2) is 5.88. The summed E-state index contributed by atoms with van der Waals surface area (Å²) in [7, 11) is 0. The molecule has 1 aromatic carbocycles. The number of aromatic nitrogens is 5. The number of carbonyl (C=O) groups excluding carboxylic acids is 1. The summed E-state index contributed by atoms with van der Waals surface area (Å²) in [6.45, 7) is 1.11. The Morgan fingerprint density at radius 1 is 1.35 bits per heavy atom. The summed E-state index contributed by atoms with van der Waals surface area (Å²) >= 11 is 1.75. The van der Waals surface area contributed by atoms with E-state index in [-0.39, 0.29) is 12.5 Å². The number of benzene rings is 1. The highest BCUT2D eigenvalue weighted by molar-refractivity contribution is 7.99. The minimum atomic E-state index is -0.149. The normalized spacial score (nSPS) is 13.0. The Kier molecular flexibility index (Phi) is 3.58. The zero-order valence-corrected chi connectivity index (χ0v) is 13.0. The first-order chi connectivity index (χ1) is 11.3. The summed E-state index contributed by atoms with van der Waals surface area (Å²) in [5.74, 6) is 0.919. The van der Waals surface area contributed by atoms with Crippen molar-refractivity contribution in [3.8, 4) is 11.3 Å². The summed E-state index contributed by atoms with van der Waals surface area (Å²) in [5, 5.41) is 7.90. The van der Waals surface area contributed by atoms with Crippen molar-refractivity contribution in [3.63, 3.8) is 0 Å². The molecule has 116 valence electrons. The lowest BCUT2D eigenvalue weighted by atomic mass is 10.1. The van der Waals surface area contributed by atoms with Crippen LogP contribution in [0.2, 0.25) is 0 Å². The van der Waals surface area contributed by atoms with Crippen molar-refractivity contribution in [2.75, 3.05) is 11.1 Å². The molecule has 3 heterocycles. The van der Waals surface area contributed by atoms with Crippen molar-refractivity contribution in [3.05, 3.63) is 43.1 Å². The fourth-order valence-corrected chi connectivity index (χ4v) is 3.45. The van der Waals surface area contributed by atoms with E-state index < -0.39 is 0 Å². The molecule has 2 aromatic heterocycles. The number of rotatable bonds is 4. The molecule has 8 heteroatoms. The molecule has 1 aliphatic rings. The van der Waals surface area contributed by atoms with Crippen LogP contribution in [0.15, 0.2) is 48.3 Å². The van der Waals surface area contributed by atoms with Gasteiger partial charge in [-0.15, -0.1) is 0 Å². The van der Waals surface area contributed by atoms with Crippen molar-refractivity contribution in [1.82, 2.24) is 24.3 Å². The molecule has 23 heavy (non-hydrogen) atoms. The second-order valence-corrected chi connectivity index (χ2v) is 6.20. The molecule has 7 nitrogen and oxygen atoms in total. The molecule has 1 amide bonds. The number of para-hydroxylation sites is 1. The molecule has 1 N–H and O–H groups in total. The van der Waals surface area contributed by atoms with Crippen LogP contribution in [0.25, 0.3) is 11.3 Å². The first kappa shape index (κ1) is 14.0. The summed E-state index contributed by atoms with van der Waals surface area (Å²) < 4.78 is 3.63. The Balaban J connectivity index is 1.58. The number of amides is 1. The van der Waals surface area contributed by atoms with E-state index in [1.165, 1.54) is 17.3 Å². The SMILES string of the molecule is O=C(Cn1cncn1)Nc1ccccc1-c1cn2c(n1)SCC2. The van der Waals surface area contributed by atoms with Gasteiger partial charge in [0.2, 0.25) is 5.91 Å².